The SMILES string of the molecule is CCCNc1ccc(C(=O)Nc2cnn(CC)c2)nc1. The van der Waals surface area contributed by atoms with Gasteiger partial charge in [0.15, 0.2) is 0 Å². The molecule has 0 radical (unpaired) electrons. The number of rotatable bonds is 6. The summed E-state index contributed by atoms with van der Waals surface area (Å²) in [7, 11) is 0. The number of nitrogens with one attached hydrogen (secondary N) is 2. The molecule has 0 aliphatic heterocycles. The summed E-state index contributed by atoms with van der Waals surface area (Å²) >= 11 is 0. The van der Waals surface area contributed by atoms with E-state index in [1.165, 1.54) is 0 Å². The minimum atomic E-state index is -0.234. The average molecular weight is 273 g/mol. The van der Waals surface area contributed by atoms with Gasteiger partial charge >= 0.3 is 0 Å². The van der Waals surface area contributed by atoms with E-state index in [0.717, 1.165) is 25.2 Å². The second-order valence-corrected chi connectivity index (χ2v) is 4.40. The van der Waals surface area contributed by atoms with Gasteiger partial charge in [0.05, 0.1) is 23.8 Å². The summed E-state index contributed by atoms with van der Waals surface area (Å²) in [4.78, 5) is 16.2. The Bertz CT molecular complexity index is 561. The molecule has 2 aromatic rings. The van der Waals surface area contributed by atoms with E-state index >= 15 is 0 Å². The highest BCUT2D eigenvalue weighted by Gasteiger charge is 2.08. The van der Waals surface area contributed by atoms with E-state index in [4.69, 9.17) is 0 Å². The molecule has 0 atom stereocenters. The minimum Gasteiger partial charge on any atom is -0.384 e. The van der Waals surface area contributed by atoms with Crippen LogP contribution in [0.4, 0.5) is 11.4 Å². The molecule has 0 spiro atoms. The average Bonchev–Trinajstić information content (AvgIpc) is 2.93. The molecule has 0 aromatic carbocycles. The van der Waals surface area contributed by atoms with Crippen LogP contribution < -0.4 is 10.6 Å². The Hall–Kier alpha value is -2.37. The van der Waals surface area contributed by atoms with Crippen molar-refractivity contribution in [2.24, 2.45) is 0 Å². The molecule has 0 fully saturated rings. The van der Waals surface area contributed by atoms with Crippen LogP contribution in [0.25, 0.3) is 0 Å². The topological polar surface area (TPSA) is 71.8 Å². The van der Waals surface area contributed by atoms with Crippen molar-refractivity contribution in [1.82, 2.24) is 14.8 Å². The van der Waals surface area contributed by atoms with Crippen LogP contribution in [0, 0.1) is 0 Å². The van der Waals surface area contributed by atoms with Crippen molar-refractivity contribution in [2.45, 2.75) is 26.8 Å². The number of carbonyl (C=O) groups excluding carboxylic acids is 1. The molecule has 0 bridgehead atoms. The lowest BCUT2D eigenvalue weighted by Crippen LogP contribution is -2.13. The van der Waals surface area contributed by atoms with Gasteiger partial charge in [-0.05, 0) is 25.5 Å². The maximum absolute atomic E-state index is 12.0. The predicted octanol–water partition coefficient (Wildman–Crippen LogP) is 2.37. The second kappa shape index (κ2) is 6.70. The zero-order valence-electron chi connectivity index (χ0n) is 11.8. The molecule has 0 unspecified atom stereocenters. The van der Waals surface area contributed by atoms with Gasteiger partial charge in [-0.2, -0.15) is 5.10 Å². The van der Waals surface area contributed by atoms with Crippen molar-refractivity contribution in [1.29, 1.82) is 0 Å². The molecule has 1 amide bonds. The molecule has 106 valence electrons. The molecule has 2 heterocycles. The van der Waals surface area contributed by atoms with Crippen LogP contribution in [0.3, 0.4) is 0 Å². The van der Waals surface area contributed by atoms with Crippen LogP contribution in [0.1, 0.15) is 30.8 Å². The van der Waals surface area contributed by atoms with Crippen molar-refractivity contribution in [3.05, 3.63) is 36.4 Å². The van der Waals surface area contributed by atoms with Crippen LogP contribution in [-0.2, 0) is 6.54 Å². The quantitative estimate of drug-likeness (QED) is 0.847. The van der Waals surface area contributed by atoms with Gasteiger partial charge in [0.2, 0.25) is 0 Å². The zero-order chi connectivity index (χ0) is 14.4. The highest BCUT2D eigenvalue weighted by atomic mass is 16.1. The molecule has 20 heavy (non-hydrogen) atoms. The lowest BCUT2D eigenvalue weighted by Gasteiger charge is -2.05. The molecule has 2 aromatic heterocycles. The van der Waals surface area contributed by atoms with Gasteiger partial charge in [0.25, 0.3) is 5.91 Å². The number of anilines is 2. The normalized spacial score (nSPS) is 10.3. The molecule has 2 N–H and O–H groups in total. The standard InChI is InChI=1S/C14H19N5O/c1-3-7-15-11-5-6-13(16-8-11)14(20)18-12-9-17-19(4-2)10-12/h5-6,8-10,15H,3-4,7H2,1-2H3,(H,18,20). The smallest absolute Gasteiger partial charge is 0.274 e. The summed E-state index contributed by atoms with van der Waals surface area (Å²) in [6.45, 7) is 5.75. The Balaban J connectivity index is 1.98. The lowest BCUT2D eigenvalue weighted by molar-refractivity contribution is 0.102. The Kier molecular flexibility index (Phi) is 4.70. The van der Waals surface area contributed by atoms with E-state index in [-0.39, 0.29) is 5.91 Å². The number of aromatic nitrogens is 3. The predicted molar refractivity (Wildman–Crippen MR) is 78.9 cm³/mol. The Morgan fingerprint density at radius 2 is 2.10 bits per heavy atom. The van der Waals surface area contributed by atoms with Crippen molar-refractivity contribution < 1.29 is 4.79 Å². The molecule has 6 heteroatoms. The highest BCUT2D eigenvalue weighted by Crippen LogP contribution is 2.09. The van der Waals surface area contributed by atoms with Gasteiger partial charge in [-0.3, -0.25) is 9.48 Å². The first-order chi connectivity index (χ1) is 9.72. The first-order valence-electron chi connectivity index (χ1n) is 6.76. The van der Waals surface area contributed by atoms with Crippen LogP contribution in [-0.4, -0.2) is 27.2 Å². The lowest BCUT2D eigenvalue weighted by atomic mass is 10.3. The molecule has 0 saturated heterocycles. The molecular weight excluding hydrogens is 254 g/mol. The van der Waals surface area contributed by atoms with Crippen LogP contribution >= 0.6 is 0 Å². The van der Waals surface area contributed by atoms with Gasteiger partial charge in [0, 0.05) is 19.3 Å². The maximum Gasteiger partial charge on any atom is 0.274 e. The van der Waals surface area contributed by atoms with Gasteiger partial charge in [0.1, 0.15) is 5.69 Å². The van der Waals surface area contributed by atoms with Crippen molar-refractivity contribution in [3.63, 3.8) is 0 Å². The fraction of sp³-hybridized carbons (Fsp3) is 0.357. The van der Waals surface area contributed by atoms with Crippen LogP contribution in [0.15, 0.2) is 30.7 Å². The van der Waals surface area contributed by atoms with E-state index in [9.17, 15) is 4.79 Å². The number of hydrogen-bond acceptors (Lipinski definition) is 4. The fourth-order valence-electron chi connectivity index (χ4n) is 1.70. The van der Waals surface area contributed by atoms with Gasteiger partial charge < -0.3 is 10.6 Å². The molecule has 2 rings (SSSR count). The van der Waals surface area contributed by atoms with Gasteiger partial charge in [-0.15, -0.1) is 0 Å². The summed E-state index contributed by atoms with van der Waals surface area (Å²) in [6, 6.07) is 3.56. The zero-order valence-corrected chi connectivity index (χ0v) is 11.8. The molecule has 0 aliphatic carbocycles. The second-order valence-electron chi connectivity index (χ2n) is 4.40. The van der Waals surface area contributed by atoms with Crippen molar-refractivity contribution in [2.75, 3.05) is 17.2 Å². The Morgan fingerprint density at radius 3 is 2.70 bits per heavy atom. The summed E-state index contributed by atoms with van der Waals surface area (Å²) < 4.78 is 1.75. The van der Waals surface area contributed by atoms with E-state index in [0.29, 0.717) is 11.4 Å². The third-order valence-corrected chi connectivity index (χ3v) is 2.79. The fourth-order valence-corrected chi connectivity index (χ4v) is 1.70. The monoisotopic (exact) mass is 273 g/mol. The van der Waals surface area contributed by atoms with Crippen LogP contribution in [0.5, 0.6) is 0 Å². The molecule has 6 nitrogen and oxygen atoms in total. The van der Waals surface area contributed by atoms with Crippen LogP contribution in [0.2, 0.25) is 0 Å². The van der Waals surface area contributed by atoms with Crippen molar-refractivity contribution >= 4 is 17.3 Å². The molecular formula is C14H19N5O. The number of nitrogens with zero attached hydrogens (tertiary/aromatic N) is 3. The number of amides is 1. The van der Waals surface area contributed by atoms with E-state index < -0.39 is 0 Å². The van der Waals surface area contributed by atoms with E-state index in [2.05, 4.69) is 27.6 Å². The summed E-state index contributed by atoms with van der Waals surface area (Å²) in [5.74, 6) is -0.234. The summed E-state index contributed by atoms with van der Waals surface area (Å²) in [5, 5.41) is 10.1. The summed E-state index contributed by atoms with van der Waals surface area (Å²) in [6.07, 6.45) is 6.12. The number of carbonyl (C=O) groups is 1. The van der Waals surface area contributed by atoms with Crippen molar-refractivity contribution in [3.8, 4) is 0 Å². The summed E-state index contributed by atoms with van der Waals surface area (Å²) in [5.41, 5.74) is 1.98. The molecule has 0 aliphatic rings. The third kappa shape index (κ3) is 3.57. The Morgan fingerprint density at radius 1 is 1.25 bits per heavy atom. The van der Waals surface area contributed by atoms with Gasteiger partial charge in [-0.1, -0.05) is 6.92 Å². The van der Waals surface area contributed by atoms with E-state index in [1.54, 1.807) is 29.3 Å². The minimum absolute atomic E-state index is 0.234. The Labute approximate surface area is 118 Å². The number of hydrogen-bond donors (Lipinski definition) is 2. The molecule has 0 saturated carbocycles. The first-order valence-corrected chi connectivity index (χ1v) is 6.76. The largest absolute Gasteiger partial charge is 0.384 e. The number of aryl methyl sites for hydroxylation is 1. The third-order valence-electron chi connectivity index (χ3n) is 2.79. The number of pyridine rings is 1. The first kappa shape index (κ1) is 14.0. The maximum atomic E-state index is 12.0. The highest BCUT2D eigenvalue weighted by molar-refractivity contribution is 6.02. The van der Waals surface area contributed by atoms with E-state index in [1.807, 2.05) is 13.0 Å². The van der Waals surface area contributed by atoms with Gasteiger partial charge in [-0.25, -0.2) is 4.98 Å².